The van der Waals surface area contributed by atoms with Gasteiger partial charge in [-0.25, -0.2) is 0 Å². The van der Waals surface area contributed by atoms with Crippen LogP contribution >= 0.6 is 0 Å². The van der Waals surface area contributed by atoms with Crippen molar-refractivity contribution in [1.82, 2.24) is 0 Å². The van der Waals surface area contributed by atoms with Crippen molar-refractivity contribution in [3.8, 4) is 0 Å². The lowest BCUT2D eigenvalue weighted by atomic mass is 9.98. The first-order chi connectivity index (χ1) is 8.06. The first kappa shape index (κ1) is 12.0. The normalized spacial score (nSPS) is 17.6. The molecule has 1 aliphatic rings. The highest BCUT2D eigenvalue weighted by molar-refractivity contribution is 6.07. The number of fused-ring (bicyclic) bond motifs is 1. The molecule has 0 unspecified atom stereocenters. The number of carbonyl (C=O) groups excluding carboxylic acids is 1. The van der Waals surface area contributed by atoms with E-state index in [4.69, 9.17) is 0 Å². The maximum Gasteiger partial charge on any atom is 0.252 e. The van der Waals surface area contributed by atoms with E-state index >= 15 is 0 Å². The molecule has 92 valence electrons. The average Bonchev–Trinajstić information content (AvgIpc) is 2.29. The molecule has 3 heteroatoms. The zero-order valence-electron chi connectivity index (χ0n) is 10.8. The molecule has 2 rings (SSSR count). The minimum absolute atomic E-state index is 0.157. The highest BCUT2D eigenvalue weighted by atomic mass is 16.2. The minimum atomic E-state index is -0.512. The minimum Gasteiger partial charge on any atom is -0.370 e. The van der Waals surface area contributed by atoms with E-state index in [-0.39, 0.29) is 5.91 Å². The van der Waals surface area contributed by atoms with Gasteiger partial charge in [-0.15, -0.1) is 0 Å². The van der Waals surface area contributed by atoms with Gasteiger partial charge in [0.05, 0.1) is 11.4 Å². The van der Waals surface area contributed by atoms with Crippen LogP contribution in [0.25, 0.3) is 0 Å². The Bertz CT molecular complexity index is 426. The smallest absolute Gasteiger partial charge is 0.252 e. The molecule has 0 saturated carbocycles. The third-order valence-corrected chi connectivity index (χ3v) is 3.16. The molecule has 1 aliphatic heterocycles. The number of benzene rings is 1. The van der Waals surface area contributed by atoms with Gasteiger partial charge in [0.2, 0.25) is 0 Å². The highest BCUT2D eigenvalue weighted by Crippen LogP contribution is 2.34. The summed E-state index contributed by atoms with van der Waals surface area (Å²) < 4.78 is 0. The Labute approximate surface area is 103 Å². The van der Waals surface area contributed by atoms with Crippen molar-refractivity contribution in [3.05, 3.63) is 24.3 Å². The lowest BCUT2D eigenvalue weighted by Gasteiger charge is -2.40. The molecule has 1 N–H and O–H groups in total. The van der Waals surface area contributed by atoms with E-state index in [0.717, 1.165) is 30.8 Å². The number of nitrogens with one attached hydrogen (secondary N) is 1. The van der Waals surface area contributed by atoms with E-state index in [1.54, 1.807) is 0 Å². The van der Waals surface area contributed by atoms with Crippen LogP contribution in [0, 0.1) is 0 Å². The van der Waals surface area contributed by atoms with Gasteiger partial charge in [0.15, 0.2) is 0 Å². The summed E-state index contributed by atoms with van der Waals surface area (Å²) in [5, 5.41) is 3.30. The topological polar surface area (TPSA) is 32.3 Å². The molecule has 0 spiro atoms. The molecule has 0 aliphatic carbocycles. The molecule has 0 saturated heterocycles. The van der Waals surface area contributed by atoms with E-state index < -0.39 is 5.54 Å². The Hall–Kier alpha value is -1.51. The van der Waals surface area contributed by atoms with Gasteiger partial charge in [0.25, 0.3) is 5.91 Å². The van der Waals surface area contributed by atoms with Gasteiger partial charge in [-0.2, -0.15) is 0 Å². The van der Waals surface area contributed by atoms with Gasteiger partial charge >= 0.3 is 0 Å². The maximum absolute atomic E-state index is 12.4. The second-order valence-electron chi connectivity index (χ2n) is 5.08. The zero-order chi connectivity index (χ0) is 12.5. The second kappa shape index (κ2) is 4.40. The fraction of sp³-hybridized carbons (Fsp3) is 0.500. The number of carbonyl (C=O) groups is 1. The summed E-state index contributed by atoms with van der Waals surface area (Å²) in [6, 6.07) is 8.01. The zero-order valence-corrected chi connectivity index (χ0v) is 10.8. The number of para-hydroxylation sites is 2. The van der Waals surface area contributed by atoms with Crippen LogP contribution in [-0.4, -0.2) is 18.0 Å². The average molecular weight is 232 g/mol. The Balaban J connectivity index is 2.38. The summed E-state index contributed by atoms with van der Waals surface area (Å²) in [6.07, 6.45) is 2.13. The molecular formula is C14H20N2O. The van der Waals surface area contributed by atoms with E-state index in [1.807, 2.05) is 43.0 Å². The van der Waals surface area contributed by atoms with Gasteiger partial charge in [0.1, 0.15) is 5.54 Å². The van der Waals surface area contributed by atoms with Gasteiger partial charge in [0, 0.05) is 6.54 Å². The summed E-state index contributed by atoms with van der Waals surface area (Å²) >= 11 is 0. The number of unbranched alkanes of at least 4 members (excludes halogenated alkanes) is 1. The predicted molar refractivity (Wildman–Crippen MR) is 71.4 cm³/mol. The molecule has 0 atom stereocenters. The van der Waals surface area contributed by atoms with Gasteiger partial charge in [-0.1, -0.05) is 25.5 Å². The molecule has 0 bridgehead atoms. The molecule has 0 aromatic heterocycles. The van der Waals surface area contributed by atoms with Crippen LogP contribution in [-0.2, 0) is 4.79 Å². The molecule has 1 heterocycles. The fourth-order valence-corrected chi connectivity index (χ4v) is 2.19. The molecule has 3 nitrogen and oxygen atoms in total. The third kappa shape index (κ3) is 2.14. The Kier molecular flexibility index (Phi) is 3.09. The summed E-state index contributed by atoms with van der Waals surface area (Å²) in [7, 11) is 0. The molecule has 1 aromatic carbocycles. The van der Waals surface area contributed by atoms with E-state index in [2.05, 4.69) is 12.2 Å². The monoisotopic (exact) mass is 232 g/mol. The van der Waals surface area contributed by atoms with Crippen molar-refractivity contribution in [1.29, 1.82) is 0 Å². The fourth-order valence-electron chi connectivity index (χ4n) is 2.19. The van der Waals surface area contributed by atoms with Crippen LogP contribution in [0.5, 0.6) is 0 Å². The number of hydrogen-bond donors (Lipinski definition) is 1. The van der Waals surface area contributed by atoms with Crippen molar-refractivity contribution < 1.29 is 4.79 Å². The van der Waals surface area contributed by atoms with Crippen LogP contribution < -0.4 is 10.2 Å². The first-order valence-corrected chi connectivity index (χ1v) is 6.25. The quantitative estimate of drug-likeness (QED) is 0.868. The van der Waals surface area contributed by atoms with Crippen molar-refractivity contribution in [2.75, 3.05) is 16.8 Å². The van der Waals surface area contributed by atoms with Gasteiger partial charge in [-0.3, -0.25) is 4.79 Å². The van der Waals surface area contributed by atoms with Gasteiger partial charge < -0.3 is 10.2 Å². The van der Waals surface area contributed by atoms with Crippen molar-refractivity contribution in [2.45, 2.75) is 39.2 Å². The van der Waals surface area contributed by atoms with E-state index in [1.165, 1.54) is 0 Å². The summed E-state index contributed by atoms with van der Waals surface area (Å²) in [5.74, 6) is 0.157. The third-order valence-electron chi connectivity index (χ3n) is 3.16. The van der Waals surface area contributed by atoms with Crippen LogP contribution in [0.3, 0.4) is 0 Å². The number of anilines is 2. The van der Waals surface area contributed by atoms with E-state index in [9.17, 15) is 4.79 Å². The van der Waals surface area contributed by atoms with Crippen LogP contribution in [0.15, 0.2) is 24.3 Å². The standard InChI is InChI=1S/C14H20N2O/c1-4-5-10-16-12-9-7-6-8-11(12)15-14(2,3)13(16)17/h6-9,15H,4-5,10H2,1-3H3. The maximum atomic E-state index is 12.4. The first-order valence-electron chi connectivity index (χ1n) is 6.25. The lowest BCUT2D eigenvalue weighted by Crippen LogP contribution is -2.54. The number of hydrogen-bond acceptors (Lipinski definition) is 2. The van der Waals surface area contributed by atoms with Crippen molar-refractivity contribution in [3.63, 3.8) is 0 Å². The predicted octanol–water partition coefficient (Wildman–Crippen LogP) is 3.02. The largest absolute Gasteiger partial charge is 0.370 e. The molecular weight excluding hydrogens is 212 g/mol. The summed E-state index contributed by atoms with van der Waals surface area (Å²) in [6.45, 7) is 6.82. The van der Waals surface area contributed by atoms with Gasteiger partial charge in [-0.05, 0) is 32.4 Å². The molecule has 0 fully saturated rings. The molecule has 1 aromatic rings. The Morgan fingerprint density at radius 3 is 2.71 bits per heavy atom. The van der Waals surface area contributed by atoms with Crippen LogP contribution in [0.1, 0.15) is 33.6 Å². The molecule has 17 heavy (non-hydrogen) atoms. The number of amides is 1. The van der Waals surface area contributed by atoms with Crippen molar-refractivity contribution >= 4 is 17.3 Å². The SMILES string of the molecule is CCCCN1C(=O)C(C)(C)Nc2ccccc21. The Morgan fingerprint density at radius 2 is 2.00 bits per heavy atom. The van der Waals surface area contributed by atoms with Crippen LogP contribution in [0.4, 0.5) is 11.4 Å². The number of nitrogens with zero attached hydrogens (tertiary/aromatic N) is 1. The van der Waals surface area contributed by atoms with Crippen molar-refractivity contribution in [2.24, 2.45) is 0 Å². The lowest BCUT2D eigenvalue weighted by molar-refractivity contribution is -0.122. The summed E-state index contributed by atoms with van der Waals surface area (Å²) in [4.78, 5) is 14.3. The van der Waals surface area contributed by atoms with Crippen LogP contribution in [0.2, 0.25) is 0 Å². The molecule has 1 amide bonds. The second-order valence-corrected chi connectivity index (χ2v) is 5.08. The number of rotatable bonds is 3. The van der Waals surface area contributed by atoms with E-state index in [0.29, 0.717) is 0 Å². The molecule has 0 radical (unpaired) electrons. The highest BCUT2D eigenvalue weighted by Gasteiger charge is 2.37. The summed E-state index contributed by atoms with van der Waals surface area (Å²) in [5.41, 5.74) is 1.54. The Morgan fingerprint density at radius 1 is 1.29 bits per heavy atom.